The number of rotatable bonds is 6. The molecule has 0 aromatic heterocycles. The van der Waals surface area contributed by atoms with Crippen LogP contribution in [0.25, 0.3) is 0 Å². The number of hydrogen-bond acceptors (Lipinski definition) is 2. The van der Waals surface area contributed by atoms with Crippen LogP contribution in [0, 0.1) is 0 Å². The van der Waals surface area contributed by atoms with Crippen LogP contribution in [0.3, 0.4) is 0 Å². The number of guanidine groups is 1. The number of amides is 1. The molecule has 1 aromatic rings. The lowest BCUT2D eigenvalue weighted by molar-refractivity contribution is -0.127. The van der Waals surface area contributed by atoms with Gasteiger partial charge in [0, 0.05) is 20.6 Å². The van der Waals surface area contributed by atoms with Crippen molar-refractivity contribution in [3.05, 3.63) is 47.0 Å². The van der Waals surface area contributed by atoms with Gasteiger partial charge in [-0.1, -0.05) is 30.4 Å². The molecule has 1 atom stereocenters. The molecule has 1 aliphatic rings. The van der Waals surface area contributed by atoms with Crippen LogP contribution < -0.4 is 10.6 Å². The summed E-state index contributed by atoms with van der Waals surface area (Å²) in [6.45, 7) is 8.74. The first-order valence-electron chi connectivity index (χ1n) is 9.38. The molecule has 0 fully saturated rings. The summed E-state index contributed by atoms with van der Waals surface area (Å²) in [5.74, 6) is 0.608. The zero-order chi connectivity index (χ0) is 19.1. The van der Waals surface area contributed by atoms with Crippen molar-refractivity contribution in [2.45, 2.75) is 45.6 Å². The van der Waals surface area contributed by atoms with Crippen LogP contribution >= 0.6 is 24.0 Å². The second-order valence-corrected chi connectivity index (χ2v) is 7.36. The molecule has 1 aromatic carbocycles. The molecule has 0 aliphatic heterocycles. The number of fused-ring (bicyclic) bond motifs is 1. The first kappa shape index (κ1) is 23.5. The molecule has 0 radical (unpaired) electrons. The predicted molar refractivity (Wildman–Crippen MR) is 124 cm³/mol. The van der Waals surface area contributed by atoms with Crippen molar-refractivity contribution < 1.29 is 4.79 Å². The number of nitrogens with zero attached hydrogens (tertiary/aromatic N) is 2. The monoisotopic (exact) mass is 484 g/mol. The van der Waals surface area contributed by atoms with Gasteiger partial charge < -0.3 is 15.5 Å². The summed E-state index contributed by atoms with van der Waals surface area (Å²) in [5.41, 5.74) is 5.21. The average molecular weight is 484 g/mol. The third-order valence-electron chi connectivity index (χ3n) is 4.65. The van der Waals surface area contributed by atoms with E-state index in [4.69, 9.17) is 0 Å². The SMILES string of the molecule is C=C(C)CNC(=NCC(=O)N(C)C)NC(C)c1ccc2c(c1)CCCC2.I. The van der Waals surface area contributed by atoms with E-state index in [1.165, 1.54) is 42.4 Å². The lowest BCUT2D eigenvalue weighted by Crippen LogP contribution is -2.40. The van der Waals surface area contributed by atoms with Crippen LogP contribution in [-0.2, 0) is 17.6 Å². The molecule has 0 saturated heterocycles. The number of carbonyl (C=O) groups is 1. The van der Waals surface area contributed by atoms with E-state index in [0.717, 1.165) is 5.57 Å². The normalized spacial score (nSPS) is 14.4. The lowest BCUT2D eigenvalue weighted by atomic mass is 9.89. The quantitative estimate of drug-likeness (QED) is 0.282. The van der Waals surface area contributed by atoms with Gasteiger partial charge in [-0.2, -0.15) is 0 Å². The van der Waals surface area contributed by atoms with Crippen LogP contribution in [0.2, 0.25) is 0 Å². The largest absolute Gasteiger partial charge is 0.353 e. The van der Waals surface area contributed by atoms with E-state index in [0.29, 0.717) is 12.5 Å². The Labute approximate surface area is 180 Å². The summed E-state index contributed by atoms with van der Waals surface area (Å²) in [6.07, 6.45) is 4.93. The molecule has 27 heavy (non-hydrogen) atoms. The van der Waals surface area contributed by atoms with Gasteiger partial charge in [0.2, 0.25) is 5.91 Å². The number of aryl methyl sites for hydroxylation is 2. The highest BCUT2D eigenvalue weighted by atomic mass is 127. The fraction of sp³-hybridized carbons (Fsp3) is 0.524. The van der Waals surface area contributed by atoms with Crippen LogP contribution in [-0.4, -0.2) is 44.0 Å². The van der Waals surface area contributed by atoms with Crippen LogP contribution in [0.1, 0.15) is 49.4 Å². The van der Waals surface area contributed by atoms with E-state index in [1.807, 2.05) is 6.92 Å². The first-order chi connectivity index (χ1) is 12.4. The summed E-state index contributed by atoms with van der Waals surface area (Å²) in [6, 6.07) is 6.87. The van der Waals surface area contributed by atoms with E-state index >= 15 is 0 Å². The van der Waals surface area contributed by atoms with Gasteiger partial charge in [0.25, 0.3) is 0 Å². The highest BCUT2D eigenvalue weighted by Crippen LogP contribution is 2.24. The molecule has 5 nitrogen and oxygen atoms in total. The minimum atomic E-state index is -0.0251. The molecule has 150 valence electrons. The molecule has 0 saturated carbocycles. The zero-order valence-corrected chi connectivity index (χ0v) is 19.3. The lowest BCUT2D eigenvalue weighted by Gasteiger charge is -2.22. The van der Waals surface area contributed by atoms with Crippen LogP contribution in [0.5, 0.6) is 0 Å². The van der Waals surface area contributed by atoms with Crippen molar-refractivity contribution in [2.75, 3.05) is 27.2 Å². The van der Waals surface area contributed by atoms with Gasteiger partial charge in [-0.05, 0) is 56.2 Å². The van der Waals surface area contributed by atoms with E-state index in [-0.39, 0.29) is 42.5 Å². The van der Waals surface area contributed by atoms with E-state index in [1.54, 1.807) is 19.0 Å². The summed E-state index contributed by atoms with van der Waals surface area (Å²) in [4.78, 5) is 17.8. The topological polar surface area (TPSA) is 56.7 Å². The Hall–Kier alpha value is -1.57. The predicted octanol–water partition coefficient (Wildman–Crippen LogP) is 3.44. The van der Waals surface area contributed by atoms with Gasteiger partial charge in [-0.25, -0.2) is 4.99 Å². The van der Waals surface area contributed by atoms with Crippen molar-refractivity contribution in [1.82, 2.24) is 15.5 Å². The highest BCUT2D eigenvalue weighted by Gasteiger charge is 2.14. The van der Waals surface area contributed by atoms with Crippen molar-refractivity contribution in [2.24, 2.45) is 4.99 Å². The third kappa shape index (κ3) is 7.52. The summed E-state index contributed by atoms with van der Waals surface area (Å²) >= 11 is 0. The van der Waals surface area contributed by atoms with Gasteiger partial charge >= 0.3 is 0 Å². The van der Waals surface area contributed by atoms with Crippen molar-refractivity contribution in [3.8, 4) is 0 Å². The molecule has 1 amide bonds. The van der Waals surface area contributed by atoms with Gasteiger partial charge in [0.1, 0.15) is 6.54 Å². The Morgan fingerprint density at radius 2 is 1.93 bits per heavy atom. The summed E-state index contributed by atoms with van der Waals surface area (Å²) < 4.78 is 0. The Morgan fingerprint density at radius 3 is 2.56 bits per heavy atom. The molecule has 1 aliphatic carbocycles. The molecule has 2 rings (SSSR count). The van der Waals surface area contributed by atoms with Gasteiger partial charge in [0.05, 0.1) is 6.04 Å². The van der Waals surface area contributed by atoms with Crippen molar-refractivity contribution in [1.29, 1.82) is 0 Å². The fourth-order valence-corrected chi connectivity index (χ4v) is 2.99. The maximum atomic E-state index is 11.8. The Balaban J connectivity index is 0.00000364. The van der Waals surface area contributed by atoms with Gasteiger partial charge in [0.15, 0.2) is 5.96 Å². The Kier molecular flexibility index (Phi) is 9.83. The molecule has 2 N–H and O–H groups in total. The van der Waals surface area contributed by atoms with Gasteiger partial charge in [-0.3, -0.25) is 4.79 Å². The zero-order valence-electron chi connectivity index (χ0n) is 17.0. The van der Waals surface area contributed by atoms with E-state index < -0.39 is 0 Å². The minimum absolute atomic E-state index is 0. The Bertz CT molecular complexity index is 685. The smallest absolute Gasteiger partial charge is 0.243 e. The standard InChI is InChI=1S/C21H32N4O.HI/c1-15(2)13-22-21(23-14-20(26)25(4)5)24-16(3)18-11-10-17-8-6-7-9-19(17)12-18;/h10-12,16H,1,6-9,13-14H2,2-5H3,(H2,22,23,24);1H. The van der Waals surface area contributed by atoms with E-state index in [9.17, 15) is 4.79 Å². The molecule has 1 unspecified atom stereocenters. The number of carbonyl (C=O) groups excluding carboxylic acids is 1. The number of halogens is 1. The number of hydrogen-bond donors (Lipinski definition) is 2. The van der Waals surface area contributed by atoms with Crippen molar-refractivity contribution >= 4 is 35.8 Å². The number of aliphatic imine (C=N–C) groups is 1. The van der Waals surface area contributed by atoms with Crippen LogP contribution in [0.4, 0.5) is 0 Å². The minimum Gasteiger partial charge on any atom is -0.353 e. The second-order valence-electron chi connectivity index (χ2n) is 7.36. The summed E-state index contributed by atoms with van der Waals surface area (Å²) in [5, 5.41) is 6.66. The van der Waals surface area contributed by atoms with Crippen molar-refractivity contribution in [3.63, 3.8) is 0 Å². The number of benzene rings is 1. The molecular formula is C21H33IN4O. The average Bonchev–Trinajstić information content (AvgIpc) is 2.62. The maximum Gasteiger partial charge on any atom is 0.243 e. The Morgan fingerprint density at radius 1 is 1.26 bits per heavy atom. The van der Waals surface area contributed by atoms with Crippen LogP contribution in [0.15, 0.2) is 35.3 Å². The third-order valence-corrected chi connectivity index (χ3v) is 4.65. The molecule has 6 heteroatoms. The molecule has 0 spiro atoms. The maximum absolute atomic E-state index is 11.8. The molecule has 0 bridgehead atoms. The van der Waals surface area contributed by atoms with Gasteiger partial charge in [-0.15, -0.1) is 24.0 Å². The fourth-order valence-electron chi connectivity index (χ4n) is 2.99. The highest BCUT2D eigenvalue weighted by molar-refractivity contribution is 14.0. The first-order valence-corrected chi connectivity index (χ1v) is 9.38. The summed E-state index contributed by atoms with van der Waals surface area (Å²) in [7, 11) is 3.48. The van der Waals surface area contributed by atoms with E-state index in [2.05, 4.69) is 47.3 Å². The molecular weight excluding hydrogens is 451 g/mol. The molecule has 0 heterocycles. The second kappa shape index (κ2) is 11.3. The number of nitrogens with one attached hydrogen (secondary N) is 2. The number of likely N-dealkylation sites (N-methyl/N-ethyl adjacent to an activating group) is 1.